The Morgan fingerprint density at radius 2 is 2.10 bits per heavy atom. The van der Waals surface area contributed by atoms with Crippen LogP contribution in [0.25, 0.3) is 0 Å². The van der Waals surface area contributed by atoms with Gasteiger partial charge in [0, 0.05) is 18.3 Å². The molecule has 0 amide bonds. The van der Waals surface area contributed by atoms with Gasteiger partial charge in [0.2, 0.25) is 0 Å². The smallest absolute Gasteiger partial charge is 0.0515 e. The van der Waals surface area contributed by atoms with E-state index < -0.39 is 0 Å². The molecule has 0 saturated heterocycles. The first-order chi connectivity index (χ1) is 9.86. The maximum absolute atomic E-state index is 5.75. The lowest BCUT2D eigenvalue weighted by Gasteiger charge is -2.27. The number of hydrazine groups is 1. The molecule has 3 heteroatoms. The minimum Gasteiger partial charge on any atom is -0.271 e. The molecule has 0 spiro atoms. The molecule has 1 heterocycles. The van der Waals surface area contributed by atoms with Gasteiger partial charge in [0.1, 0.15) is 0 Å². The van der Waals surface area contributed by atoms with E-state index in [1.54, 1.807) is 0 Å². The molecule has 1 fully saturated rings. The van der Waals surface area contributed by atoms with Crippen LogP contribution >= 0.6 is 0 Å². The summed E-state index contributed by atoms with van der Waals surface area (Å²) in [7, 11) is 0. The molecule has 1 aliphatic rings. The molecule has 3 rings (SSSR count). The monoisotopic (exact) mass is 267 g/mol. The van der Waals surface area contributed by atoms with Crippen molar-refractivity contribution in [3.63, 3.8) is 0 Å². The minimum atomic E-state index is 0.116. The molecular formula is C17H21N3. The van der Waals surface area contributed by atoms with E-state index in [0.717, 1.165) is 18.0 Å². The van der Waals surface area contributed by atoms with Gasteiger partial charge in [-0.1, -0.05) is 36.8 Å². The van der Waals surface area contributed by atoms with Crippen LogP contribution in [0.1, 0.15) is 48.0 Å². The van der Waals surface area contributed by atoms with Gasteiger partial charge in [0.05, 0.1) is 6.04 Å². The molecule has 1 aliphatic carbocycles. The highest BCUT2D eigenvalue weighted by Gasteiger charge is 2.20. The topological polar surface area (TPSA) is 50.9 Å². The van der Waals surface area contributed by atoms with Gasteiger partial charge in [0.25, 0.3) is 0 Å². The lowest BCUT2D eigenvalue weighted by molar-refractivity contribution is 0.419. The maximum atomic E-state index is 5.75. The van der Waals surface area contributed by atoms with Crippen molar-refractivity contribution in [1.29, 1.82) is 0 Å². The van der Waals surface area contributed by atoms with Gasteiger partial charge in [-0.05, 0) is 42.0 Å². The summed E-state index contributed by atoms with van der Waals surface area (Å²) in [6.45, 7) is 0. The van der Waals surface area contributed by atoms with E-state index in [9.17, 15) is 0 Å². The molecule has 104 valence electrons. The Hall–Kier alpha value is -1.71. The second-order valence-corrected chi connectivity index (χ2v) is 5.54. The molecule has 1 aromatic carbocycles. The highest BCUT2D eigenvalue weighted by Crippen LogP contribution is 2.37. The Morgan fingerprint density at radius 3 is 2.75 bits per heavy atom. The molecule has 2 aromatic rings. The average Bonchev–Trinajstić information content (AvgIpc) is 2.44. The van der Waals surface area contributed by atoms with Gasteiger partial charge < -0.3 is 0 Å². The molecule has 0 aliphatic heterocycles. The van der Waals surface area contributed by atoms with Crippen LogP contribution in [0.3, 0.4) is 0 Å². The van der Waals surface area contributed by atoms with Crippen LogP contribution in [-0.2, 0) is 6.42 Å². The molecule has 0 bridgehead atoms. The molecule has 1 atom stereocenters. The molecule has 0 radical (unpaired) electrons. The van der Waals surface area contributed by atoms with E-state index in [4.69, 9.17) is 5.84 Å². The van der Waals surface area contributed by atoms with Crippen LogP contribution in [0.5, 0.6) is 0 Å². The summed E-state index contributed by atoms with van der Waals surface area (Å²) in [6.07, 6.45) is 6.65. The number of benzene rings is 1. The second kappa shape index (κ2) is 6.16. The number of nitrogens with one attached hydrogen (secondary N) is 1. The third-order valence-corrected chi connectivity index (χ3v) is 4.23. The van der Waals surface area contributed by atoms with E-state index in [-0.39, 0.29) is 6.04 Å². The summed E-state index contributed by atoms with van der Waals surface area (Å²) in [5.41, 5.74) is 6.69. The maximum Gasteiger partial charge on any atom is 0.0515 e. The third-order valence-electron chi connectivity index (χ3n) is 4.23. The molecule has 20 heavy (non-hydrogen) atoms. The van der Waals surface area contributed by atoms with Crippen molar-refractivity contribution >= 4 is 0 Å². The fourth-order valence-electron chi connectivity index (χ4n) is 2.77. The SMILES string of the molecule is NNC(Cc1ccccn1)c1cccc(C2CCC2)c1. The first kappa shape index (κ1) is 13.3. The number of rotatable bonds is 5. The quantitative estimate of drug-likeness (QED) is 0.646. The van der Waals surface area contributed by atoms with Gasteiger partial charge in [-0.15, -0.1) is 0 Å². The summed E-state index contributed by atoms with van der Waals surface area (Å²) in [6, 6.07) is 14.9. The zero-order chi connectivity index (χ0) is 13.8. The number of nitrogens with zero attached hydrogens (tertiary/aromatic N) is 1. The van der Waals surface area contributed by atoms with E-state index in [1.807, 2.05) is 24.4 Å². The van der Waals surface area contributed by atoms with Gasteiger partial charge in [0.15, 0.2) is 0 Å². The van der Waals surface area contributed by atoms with Crippen molar-refractivity contribution in [2.45, 2.75) is 37.6 Å². The number of nitrogens with two attached hydrogens (primary N) is 1. The fraction of sp³-hybridized carbons (Fsp3) is 0.353. The van der Waals surface area contributed by atoms with E-state index in [0.29, 0.717) is 0 Å². The Labute approximate surface area is 120 Å². The lowest BCUT2D eigenvalue weighted by Crippen LogP contribution is -2.30. The normalized spacial score (nSPS) is 16.6. The molecule has 3 nitrogen and oxygen atoms in total. The van der Waals surface area contributed by atoms with Crippen LogP contribution < -0.4 is 11.3 Å². The first-order valence-corrected chi connectivity index (χ1v) is 7.32. The van der Waals surface area contributed by atoms with Crippen molar-refractivity contribution in [1.82, 2.24) is 10.4 Å². The van der Waals surface area contributed by atoms with Crippen LogP contribution in [0.15, 0.2) is 48.7 Å². The largest absolute Gasteiger partial charge is 0.271 e. The first-order valence-electron chi connectivity index (χ1n) is 7.32. The van der Waals surface area contributed by atoms with Crippen molar-refractivity contribution in [3.05, 3.63) is 65.5 Å². The predicted molar refractivity (Wildman–Crippen MR) is 81.0 cm³/mol. The second-order valence-electron chi connectivity index (χ2n) is 5.54. The van der Waals surface area contributed by atoms with E-state index in [2.05, 4.69) is 34.7 Å². The number of aromatic nitrogens is 1. The predicted octanol–water partition coefficient (Wildman–Crippen LogP) is 3.10. The van der Waals surface area contributed by atoms with Crippen LogP contribution in [0.4, 0.5) is 0 Å². The highest BCUT2D eigenvalue weighted by atomic mass is 15.2. The van der Waals surface area contributed by atoms with Crippen molar-refractivity contribution < 1.29 is 0 Å². The van der Waals surface area contributed by atoms with E-state index in [1.165, 1.54) is 30.4 Å². The summed E-state index contributed by atoms with van der Waals surface area (Å²) in [5.74, 6) is 6.50. The van der Waals surface area contributed by atoms with Crippen LogP contribution in [0, 0.1) is 0 Å². The van der Waals surface area contributed by atoms with Gasteiger partial charge in [-0.25, -0.2) is 0 Å². The minimum absolute atomic E-state index is 0.116. The van der Waals surface area contributed by atoms with Crippen molar-refractivity contribution in [2.24, 2.45) is 5.84 Å². The number of pyridine rings is 1. The zero-order valence-corrected chi connectivity index (χ0v) is 11.6. The summed E-state index contributed by atoms with van der Waals surface area (Å²) in [5, 5.41) is 0. The van der Waals surface area contributed by atoms with Gasteiger partial charge in [-0.3, -0.25) is 16.3 Å². The van der Waals surface area contributed by atoms with Crippen molar-refractivity contribution in [3.8, 4) is 0 Å². The van der Waals surface area contributed by atoms with Crippen LogP contribution in [-0.4, -0.2) is 4.98 Å². The van der Waals surface area contributed by atoms with Gasteiger partial charge in [-0.2, -0.15) is 0 Å². The molecule has 1 aromatic heterocycles. The van der Waals surface area contributed by atoms with Crippen LogP contribution in [0.2, 0.25) is 0 Å². The molecule has 1 unspecified atom stereocenters. The highest BCUT2D eigenvalue weighted by molar-refractivity contribution is 5.30. The van der Waals surface area contributed by atoms with E-state index >= 15 is 0 Å². The average molecular weight is 267 g/mol. The van der Waals surface area contributed by atoms with Gasteiger partial charge >= 0.3 is 0 Å². The lowest BCUT2D eigenvalue weighted by atomic mass is 9.79. The number of hydrogen-bond donors (Lipinski definition) is 2. The third kappa shape index (κ3) is 2.89. The Kier molecular flexibility index (Phi) is 4.09. The number of hydrogen-bond acceptors (Lipinski definition) is 3. The summed E-state index contributed by atoms with van der Waals surface area (Å²) in [4.78, 5) is 4.38. The standard InChI is InChI=1S/C17H21N3/c18-20-17(12-16-9-1-2-10-19-16)15-8-4-7-14(11-15)13-5-3-6-13/h1-2,4,7-11,13,17,20H,3,5-6,12,18H2. The Balaban J connectivity index is 1.78. The zero-order valence-electron chi connectivity index (χ0n) is 11.6. The molecular weight excluding hydrogens is 246 g/mol. The summed E-state index contributed by atoms with van der Waals surface area (Å²) < 4.78 is 0. The Morgan fingerprint density at radius 1 is 1.20 bits per heavy atom. The molecule has 3 N–H and O–H groups in total. The summed E-state index contributed by atoms with van der Waals surface area (Å²) >= 11 is 0. The Bertz CT molecular complexity index is 549. The van der Waals surface area contributed by atoms with Crippen molar-refractivity contribution in [2.75, 3.05) is 0 Å². The fourth-order valence-corrected chi connectivity index (χ4v) is 2.77. The molecule has 1 saturated carbocycles.